The number of aromatic nitrogens is 1. The molecule has 0 saturated heterocycles. The number of nitrogens with one attached hydrogen (secondary N) is 1. The first kappa shape index (κ1) is 7.60. The topological polar surface area (TPSA) is 42.1 Å². The summed E-state index contributed by atoms with van der Waals surface area (Å²) in [6.07, 6.45) is 6.64. The van der Waals surface area contributed by atoms with Gasteiger partial charge >= 0.3 is 5.97 Å². The Bertz CT molecular complexity index is 249. The predicted molar refractivity (Wildman–Crippen MR) is 41.8 cm³/mol. The number of methoxy groups -OCH3 is 1. The van der Waals surface area contributed by atoms with Crippen molar-refractivity contribution in [1.82, 2.24) is 4.98 Å². The molecular weight excluding hydrogens is 142 g/mol. The summed E-state index contributed by atoms with van der Waals surface area (Å²) < 4.78 is 4.41. The average molecular weight is 151 g/mol. The first-order chi connectivity index (χ1) is 5.33. The number of carbonyl (C=O) groups is 1. The molecule has 0 aromatic carbocycles. The molecule has 3 nitrogen and oxygen atoms in total. The molecule has 0 saturated carbocycles. The molecule has 0 atom stereocenters. The van der Waals surface area contributed by atoms with Crippen LogP contribution in [0.3, 0.4) is 0 Å². The first-order valence-electron chi connectivity index (χ1n) is 3.22. The lowest BCUT2D eigenvalue weighted by molar-refractivity contribution is -0.134. The van der Waals surface area contributed by atoms with Gasteiger partial charge in [0.05, 0.1) is 7.11 Å². The largest absolute Gasteiger partial charge is 0.466 e. The fraction of sp³-hybridized carbons (Fsp3) is 0.125. The van der Waals surface area contributed by atoms with Gasteiger partial charge in [0.15, 0.2) is 0 Å². The van der Waals surface area contributed by atoms with E-state index in [4.69, 9.17) is 0 Å². The number of rotatable bonds is 2. The normalized spacial score (nSPS) is 10.3. The van der Waals surface area contributed by atoms with Crippen LogP contribution in [0.4, 0.5) is 0 Å². The summed E-state index contributed by atoms with van der Waals surface area (Å²) in [5.74, 6) is -0.341. The van der Waals surface area contributed by atoms with Crippen LogP contribution in [0.25, 0.3) is 6.08 Å². The third-order valence-electron chi connectivity index (χ3n) is 1.24. The molecule has 11 heavy (non-hydrogen) atoms. The fourth-order valence-electron chi connectivity index (χ4n) is 0.673. The third kappa shape index (κ3) is 2.29. The maximum absolute atomic E-state index is 10.6. The van der Waals surface area contributed by atoms with Gasteiger partial charge in [-0.1, -0.05) is 0 Å². The zero-order chi connectivity index (χ0) is 8.10. The van der Waals surface area contributed by atoms with Gasteiger partial charge in [-0.05, 0) is 17.7 Å². The lowest BCUT2D eigenvalue weighted by atomic mass is 10.3. The molecule has 1 aromatic heterocycles. The molecule has 0 bridgehead atoms. The lowest BCUT2D eigenvalue weighted by Crippen LogP contribution is -1.92. The number of ether oxygens (including phenoxy) is 1. The maximum Gasteiger partial charge on any atom is 0.330 e. The molecule has 0 amide bonds. The quantitative estimate of drug-likeness (QED) is 0.509. The highest BCUT2D eigenvalue weighted by atomic mass is 16.5. The Morgan fingerprint density at radius 2 is 2.55 bits per heavy atom. The van der Waals surface area contributed by atoms with Crippen molar-refractivity contribution in [2.75, 3.05) is 7.11 Å². The van der Waals surface area contributed by atoms with E-state index < -0.39 is 0 Å². The Labute approximate surface area is 64.7 Å². The molecule has 0 aliphatic carbocycles. The number of esters is 1. The molecular formula is C8H9NO2. The highest BCUT2D eigenvalue weighted by Gasteiger charge is 1.90. The summed E-state index contributed by atoms with van der Waals surface area (Å²) in [5.41, 5.74) is 0.954. The predicted octanol–water partition coefficient (Wildman–Crippen LogP) is 1.20. The summed E-state index contributed by atoms with van der Waals surface area (Å²) in [6, 6.07) is 1.86. The van der Waals surface area contributed by atoms with Gasteiger partial charge in [-0.25, -0.2) is 4.79 Å². The Morgan fingerprint density at radius 1 is 1.73 bits per heavy atom. The molecule has 1 rings (SSSR count). The van der Waals surface area contributed by atoms with E-state index in [9.17, 15) is 4.79 Å². The molecule has 3 heteroatoms. The van der Waals surface area contributed by atoms with Gasteiger partial charge in [0.2, 0.25) is 0 Å². The zero-order valence-electron chi connectivity index (χ0n) is 6.20. The van der Waals surface area contributed by atoms with Crippen LogP contribution >= 0.6 is 0 Å². The van der Waals surface area contributed by atoms with E-state index in [1.807, 2.05) is 6.07 Å². The van der Waals surface area contributed by atoms with Crippen molar-refractivity contribution < 1.29 is 9.53 Å². The number of aromatic amines is 1. The van der Waals surface area contributed by atoms with Crippen LogP contribution in [-0.2, 0) is 9.53 Å². The van der Waals surface area contributed by atoms with Crippen molar-refractivity contribution in [3.63, 3.8) is 0 Å². The third-order valence-corrected chi connectivity index (χ3v) is 1.24. The molecule has 0 fully saturated rings. The summed E-state index contributed by atoms with van der Waals surface area (Å²) in [6.45, 7) is 0. The Hall–Kier alpha value is -1.51. The van der Waals surface area contributed by atoms with Gasteiger partial charge in [0.1, 0.15) is 0 Å². The van der Waals surface area contributed by atoms with Gasteiger partial charge in [-0.3, -0.25) is 0 Å². The van der Waals surface area contributed by atoms with Crippen molar-refractivity contribution in [2.24, 2.45) is 0 Å². The van der Waals surface area contributed by atoms with E-state index in [0.29, 0.717) is 0 Å². The minimum absolute atomic E-state index is 0.341. The monoisotopic (exact) mass is 151 g/mol. The van der Waals surface area contributed by atoms with Gasteiger partial charge < -0.3 is 9.72 Å². The molecule has 0 unspecified atom stereocenters. The standard InChI is InChI=1S/C8H9NO2/c1-11-8(10)3-2-7-4-5-9-6-7/h2-6,9H,1H3/b3-2+. The number of H-pyrrole nitrogens is 1. The molecule has 1 aromatic rings. The second kappa shape index (κ2) is 3.61. The first-order valence-corrected chi connectivity index (χ1v) is 3.22. The van der Waals surface area contributed by atoms with E-state index >= 15 is 0 Å². The average Bonchev–Trinajstić information content (AvgIpc) is 2.52. The van der Waals surface area contributed by atoms with Crippen LogP contribution in [-0.4, -0.2) is 18.1 Å². The smallest absolute Gasteiger partial charge is 0.330 e. The van der Waals surface area contributed by atoms with Crippen LogP contribution < -0.4 is 0 Å². The maximum atomic E-state index is 10.6. The van der Waals surface area contributed by atoms with E-state index in [1.54, 1.807) is 18.5 Å². The molecule has 0 aliphatic heterocycles. The zero-order valence-corrected chi connectivity index (χ0v) is 6.20. The molecule has 1 N–H and O–H groups in total. The van der Waals surface area contributed by atoms with Gasteiger partial charge in [0, 0.05) is 18.5 Å². The summed E-state index contributed by atoms with van der Waals surface area (Å²) in [5, 5.41) is 0. The highest BCUT2D eigenvalue weighted by molar-refractivity contribution is 5.86. The SMILES string of the molecule is COC(=O)/C=C/c1cc[nH]c1. The van der Waals surface area contributed by atoms with Crippen molar-refractivity contribution >= 4 is 12.0 Å². The minimum atomic E-state index is -0.341. The van der Waals surface area contributed by atoms with E-state index in [-0.39, 0.29) is 5.97 Å². The minimum Gasteiger partial charge on any atom is -0.466 e. The summed E-state index contributed by atoms with van der Waals surface area (Å²) in [4.78, 5) is 13.5. The molecule has 0 spiro atoms. The van der Waals surface area contributed by atoms with Crippen molar-refractivity contribution in [3.05, 3.63) is 30.1 Å². The van der Waals surface area contributed by atoms with Crippen molar-refractivity contribution in [2.45, 2.75) is 0 Å². The van der Waals surface area contributed by atoms with E-state index in [1.165, 1.54) is 13.2 Å². The lowest BCUT2D eigenvalue weighted by Gasteiger charge is -1.87. The second-order valence-corrected chi connectivity index (χ2v) is 2.00. The van der Waals surface area contributed by atoms with E-state index in [0.717, 1.165) is 5.56 Å². The Balaban J connectivity index is 2.55. The van der Waals surface area contributed by atoms with Crippen LogP contribution in [0, 0.1) is 0 Å². The van der Waals surface area contributed by atoms with Crippen LogP contribution in [0.15, 0.2) is 24.5 Å². The number of carbonyl (C=O) groups excluding carboxylic acids is 1. The Morgan fingerprint density at radius 3 is 3.09 bits per heavy atom. The molecule has 0 radical (unpaired) electrons. The molecule has 0 aliphatic rings. The van der Waals surface area contributed by atoms with Crippen LogP contribution in [0.5, 0.6) is 0 Å². The van der Waals surface area contributed by atoms with Gasteiger partial charge in [-0.15, -0.1) is 0 Å². The van der Waals surface area contributed by atoms with Gasteiger partial charge in [0.25, 0.3) is 0 Å². The molecule has 58 valence electrons. The van der Waals surface area contributed by atoms with Crippen LogP contribution in [0.2, 0.25) is 0 Å². The fourth-order valence-corrected chi connectivity index (χ4v) is 0.673. The molecule has 1 heterocycles. The van der Waals surface area contributed by atoms with Crippen molar-refractivity contribution in [1.29, 1.82) is 0 Å². The van der Waals surface area contributed by atoms with Gasteiger partial charge in [-0.2, -0.15) is 0 Å². The van der Waals surface area contributed by atoms with Crippen molar-refractivity contribution in [3.8, 4) is 0 Å². The summed E-state index contributed by atoms with van der Waals surface area (Å²) in [7, 11) is 1.35. The second-order valence-electron chi connectivity index (χ2n) is 2.00. The summed E-state index contributed by atoms with van der Waals surface area (Å²) >= 11 is 0. The number of hydrogen-bond donors (Lipinski definition) is 1. The number of hydrogen-bond acceptors (Lipinski definition) is 2. The Kier molecular flexibility index (Phi) is 2.49. The van der Waals surface area contributed by atoms with Crippen LogP contribution in [0.1, 0.15) is 5.56 Å². The van der Waals surface area contributed by atoms with E-state index in [2.05, 4.69) is 9.72 Å². The highest BCUT2D eigenvalue weighted by Crippen LogP contribution is 1.98.